The molecule has 0 fully saturated rings. The minimum absolute atomic E-state index is 0. The van der Waals surface area contributed by atoms with Crippen LogP contribution in [0, 0.1) is 13.0 Å². The van der Waals surface area contributed by atoms with Crippen molar-refractivity contribution in [1.29, 1.82) is 0 Å². The van der Waals surface area contributed by atoms with Gasteiger partial charge in [0.1, 0.15) is 0 Å². The Bertz CT molecular complexity index is 62.5. The molecule has 0 aromatic rings. The summed E-state index contributed by atoms with van der Waals surface area (Å²) in [6.07, 6.45) is 10.0. The van der Waals surface area contributed by atoms with E-state index in [1.807, 2.05) is 12.2 Å². The Kier molecular flexibility index (Phi) is 13.7. The van der Waals surface area contributed by atoms with Gasteiger partial charge in [-0.1, -0.05) is 0 Å². The molecule has 0 unspecified atom stereocenters. The summed E-state index contributed by atoms with van der Waals surface area (Å²) in [4.78, 5) is 0. The molecule has 1 aliphatic rings. The molecular formula is C7H10Cu. The van der Waals surface area contributed by atoms with E-state index in [-0.39, 0.29) is 17.1 Å². The van der Waals surface area contributed by atoms with Gasteiger partial charge in [-0.05, 0) is 0 Å². The fraction of sp³-hybridized carbons (Fsp3) is 0.286. The van der Waals surface area contributed by atoms with Gasteiger partial charge in [-0.3, -0.25) is 6.08 Å². The van der Waals surface area contributed by atoms with Crippen molar-refractivity contribution in [2.75, 3.05) is 0 Å². The topological polar surface area (TPSA) is 0 Å². The molecule has 0 saturated carbocycles. The van der Waals surface area contributed by atoms with Gasteiger partial charge < -0.3 is 6.92 Å². The van der Waals surface area contributed by atoms with Gasteiger partial charge in [-0.15, -0.1) is 6.42 Å². The average Bonchev–Trinajstić information content (AvgIpc) is 2.23. The van der Waals surface area contributed by atoms with Gasteiger partial charge >= 0.3 is 17.1 Å². The van der Waals surface area contributed by atoms with Crippen LogP contribution in [0.15, 0.2) is 18.2 Å². The molecule has 0 aliphatic heterocycles. The van der Waals surface area contributed by atoms with Crippen molar-refractivity contribution < 1.29 is 17.1 Å². The first-order valence-corrected chi connectivity index (χ1v) is 2.42. The maximum absolute atomic E-state index is 3.25. The summed E-state index contributed by atoms with van der Waals surface area (Å²) in [5.74, 6) is 0. The summed E-state index contributed by atoms with van der Waals surface area (Å²) in [7, 11) is 0. The number of rotatable bonds is 0. The third kappa shape index (κ3) is 6.00. The third-order valence-corrected chi connectivity index (χ3v) is 0.586. The van der Waals surface area contributed by atoms with Crippen LogP contribution in [0.25, 0.3) is 0 Å². The Morgan fingerprint density at radius 2 is 2.12 bits per heavy atom. The van der Waals surface area contributed by atoms with Crippen LogP contribution in [-0.2, 0) is 17.1 Å². The molecule has 8 heavy (non-hydrogen) atoms. The molecule has 0 atom stereocenters. The van der Waals surface area contributed by atoms with E-state index in [1.165, 1.54) is 0 Å². The van der Waals surface area contributed by atoms with E-state index >= 15 is 0 Å². The van der Waals surface area contributed by atoms with E-state index in [1.54, 1.807) is 6.92 Å². The average molecular weight is 158 g/mol. The molecule has 0 amide bonds. The maximum atomic E-state index is 3.25. The quantitative estimate of drug-likeness (QED) is 0.374. The number of hydrogen-bond acceptors (Lipinski definition) is 0. The summed E-state index contributed by atoms with van der Waals surface area (Å²) < 4.78 is 0. The zero-order chi connectivity index (χ0) is 5.54. The summed E-state index contributed by atoms with van der Waals surface area (Å²) >= 11 is 0. The summed E-state index contributed by atoms with van der Waals surface area (Å²) in [5, 5.41) is 0. The fourth-order valence-electron chi connectivity index (χ4n) is 0.340. The second-order valence-electron chi connectivity index (χ2n) is 1.00. The second kappa shape index (κ2) is 10.1. The van der Waals surface area contributed by atoms with E-state index in [2.05, 4.69) is 19.1 Å². The van der Waals surface area contributed by atoms with Crippen molar-refractivity contribution in [3.8, 4) is 0 Å². The van der Waals surface area contributed by atoms with Crippen molar-refractivity contribution in [3.05, 3.63) is 31.2 Å². The monoisotopic (exact) mass is 157 g/mol. The van der Waals surface area contributed by atoms with Crippen LogP contribution < -0.4 is 0 Å². The van der Waals surface area contributed by atoms with Gasteiger partial charge in [-0.2, -0.15) is 13.0 Å². The number of hydrogen-bond donors (Lipinski definition) is 0. The first-order chi connectivity index (χ1) is 3.50. The molecule has 1 radical (unpaired) electrons. The van der Waals surface area contributed by atoms with Crippen molar-refractivity contribution in [2.24, 2.45) is 0 Å². The van der Waals surface area contributed by atoms with Gasteiger partial charge in [0.2, 0.25) is 0 Å². The first kappa shape index (κ1) is 10.9. The Labute approximate surface area is 62.1 Å². The van der Waals surface area contributed by atoms with Gasteiger partial charge in [-0.25, -0.2) is 12.2 Å². The number of allylic oxidation sites excluding steroid dienone is 4. The summed E-state index contributed by atoms with van der Waals surface area (Å²) in [6, 6.07) is 0. The van der Waals surface area contributed by atoms with Crippen LogP contribution in [0.1, 0.15) is 13.3 Å². The second-order valence-corrected chi connectivity index (χ2v) is 1.00. The minimum atomic E-state index is 0. The van der Waals surface area contributed by atoms with Crippen LogP contribution in [0.4, 0.5) is 0 Å². The minimum Gasteiger partial charge on any atom is -0.346 e. The largest absolute Gasteiger partial charge is 2.00 e. The molecule has 1 rings (SSSR count). The molecule has 0 nitrogen and oxygen atoms in total. The Balaban J connectivity index is 0. The zero-order valence-electron chi connectivity index (χ0n) is 4.95. The maximum Gasteiger partial charge on any atom is 2.00 e. The predicted molar refractivity (Wildman–Crippen MR) is 32.6 cm³/mol. The molecule has 0 saturated heterocycles. The van der Waals surface area contributed by atoms with Gasteiger partial charge in [0.25, 0.3) is 0 Å². The third-order valence-electron chi connectivity index (χ3n) is 0.586. The molecule has 49 valence electrons. The van der Waals surface area contributed by atoms with Crippen molar-refractivity contribution in [3.63, 3.8) is 0 Å². The van der Waals surface area contributed by atoms with Crippen molar-refractivity contribution >= 4 is 0 Å². The molecule has 1 heteroatoms. The Morgan fingerprint density at radius 3 is 2.25 bits per heavy atom. The normalized spacial score (nSPS) is 11.8. The molecule has 0 heterocycles. The predicted octanol–water partition coefficient (Wildman–Crippen LogP) is 2.14. The van der Waals surface area contributed by atoms with Crippen LogP contribution in [0.5, 0.6) is 0 Å². The fourth-order valence-corrected chi connectivity index (χ4v) is 0.340. The van der Waals surface area contributed by atoms with E-state index in [9.17, 15) is 0 Å². The van der Waals surface area contributed by atoms with Crippen molar-refractivity contribution in [2.45, 2.75) is 13.3 Å². The molecule has 1 aliphatic carbocycles. The SMILES string of the molecule is [C-]1=CC=CC1.[CH2-]C.[Cu+2]. The first-order valence-electron chi connectivity index (χ1n) is 2.42. The van der Waals surface area contributed by atoms with E-state index in [4.69, 9.17) is 0 Å². The molecule has 0 aromatic carbocycles. The van der Waals surface area contributed by atoms with Crippen LogP contribution in [0.3, 0.4) is 0 Å². The Morgan fingerprint density at radius 1 is 1.50 bits per heavy atom. The molecule has 0 spiro atoms. The molecule has 0 bridgehead atoms. The summed E-state index contributed by atoms with van der Waals surface area (Å²) in [6.45, 7) is 5.00. The van der Waals surface area contributed by atoms with Crippen LogP contribution >= 0.6 is 0 Å². The molecular weight excluding hydrogens is 148 g/mol. The van der Waals surface area contributed by atoms with E-state index < -0.39 is 0 Å². The Hall–Kier alpha value is -0.000519. The summed E-state index contributed by atoms with van der Waals surface area (Å²) in [5.41, 5.74) is 0. The van der Waals surface area contributed by atoms with Crippen molar-refractivity contribution in [1.82, 2.24) is 0 Å². The van der Waals surface area contributed by atoms with Crippen LogP contribution in [0.2, 0.25) is 0 Å². The zero-order valence-corrected chi connectivity index (χ0v) is 5.89. The van der Waals surface area contributed by atoms with Gasteiger partial charge in [0.15, 0.2) is 0 Å². The van der Waals surface area contributed by atoms with E-state index in [0.717, 1.165) is 6.42 Å². The molecule has 0 N–H and O–H groups in total. The molecule has 0 aromatic heterocycles. The van der Waals surface area contributed by atoms with Crippen LogP contribution in [-0.4, -0.2) is 0 Å². The van der Waals surface area contributed by atoms with E-state index in [0.29, 0.717) is 0 Å². The van der Waals surface area contributed by atoms with Gasteiger partial charge in [0, 0.05) is 0 Å². The standard InChI is InChI=1S/C5H5.C2H5.Cu/c1-2-4-5-3-1;1-2;/h1-3H,4H2;1H2,2H3;/q2*-1;+2. The van der Waals surface area contributed by atoms with Gasteiger partial charge in [0.05, 0.1) is 0 Å². The smallest absolute Gasteiger partial charge is 0.346 e.